The average molecular weight is 1720 g/mol. The number of aromatic nitrogens is 4. The van der Waals surface area contributed by atoms with Gasteiger partial charge >= 0.3 is 0 Å². The van der Waals surface area contributed by atoms with Crippen LogP contribution in [0.15, 0.2) is 425 Å². The Balaban J connectivity index is 0.0000000895. The van der Waals surface area contributed by atoms with Crippen molar-refractivity contribution in [3.05, 3.63) is 425 Å². The lowest BCUT2D eigenvalue weighted by Crippen LogP contribution is -1.93. The van der Waals surface area contributed by atoms with Crippen molar-refractivity contribution in [2.75, 3.05) is 0 Å². The molecular weight excluding hydrogens is 1650 g/mol. The van der Waals surface area contributed by atoms with Crippen molar-refractivity contribution < 1.29 is 0 Å². The fourth-order valence-electron chi connectivity index (χ4n) is 21.2. The van der Waals surface area contributed by atoms with Crippen LogP contribution < -0.4 is 0 Å². The number of fused-ring (bicyclic) bond motifs is 27. The summed E-state index contributed by atoms with van der Waals surface area (Å²) in [5.74, 6) is 0. The molecule has 0 spiro atoms. The lowest BCUT2D eigenvalue weighted by Gasteiger charge is -2.18. The van der Waals surface area contributed by atoms with Crippen molar-refractivity contribution in [2.24, 2.45) is 0 Å². The molecule has 602 valence electrons. The van der Waals surface area contributed by atoms with Gasteiger partial charge < -0.3 is 0 Å². The molecule has 0 fully saturated rings. The molecule has 20 aromatic carbocycles. The molecule has 8 aromatic heterocycles. The predicted octanol–water partition coefficient (Wildman–Crippen LogP) is 35.8. The molecule has 130 heavy (non-hydrogen) atoms. The van der Waals surface area contributed by atoms with Crippen molar-refractivity contribution >= 4 is 223 Å². The third-order valence-corrected chi connectivity index (χ3v) is 31.7. The van der Waals surface area contributed by atoms with E-state index in [9.17, 15) is 0 Å². The Kier molecular flexibility index (Phi) is 17.2. The number of hydrogen-bond acceptors (Lipinski definition) is 8. The van der Waals surface area contributed by atoms with Crippen molar-refractivity contribution in [1.82, 2.24) is 19.9 Å². The minimum absolute atomic E-state index is 1.06. The third kappa shape index (κ3) is 11.6. The summed E-state index contributed by atoms with van der Waals surface area (Å²) < 4.78 is 10.3. The number of nitrogens with zero attached hydrogens (tertiary/aromatic N) is 4. The number of benzene rings is 20. The second-order valence-electron chi connectivity index (χ2n) is 33.9. The van der Waals surface area contributed by atoms with Gasteiger partial charge in [0.2, 0.25) is 0 Å². The van der Waals surface area contributed by atoms with Gasteiger partial charge in [0.15, 0.2) is 0 Å². The summed E-state index contributed by atoms with van der Waals surface area (Å²) in [6.45, 7) is 0. The lowest BCUT2D eigenvalue weighted by atomic mass is 9.86. The Bertz CT molecular complexity index is 9600. The first kappa shape index (κ1) is 74.5. The van der Waals surface area contributed by atoms with Gasteiger partial charge in [-0.2, -0.15) is 0 Å². The molecule has 0 radical (unpaired) electrons. The standard InChI is InChI=1S/C35H21NS.C31H17NS.C29H17NS.C27H15NS/c1-2-10-22(11-3-1)32-26-15-6-7-16-27(26)33(30-21-24-13-5-4-12-23(24)20-29(30)32)34-35-28(18-19-36-34)25-14-8-9-17-31(25)37-35;1-2-7-19-17-27-23-12-13-24(21-9-5-10-22(29(21)23)26(27)16-18(19)6-1)30-31-25(14-15-32-30)20-8-3-4-11-28(20)33-31;1-2-8-19-18(7-1)13-14-22-20-9-3-4-10-21(20)26(17-25(19)22)28-29-24(15-16-30-28)23-11-5-6-12-27(23)31-29;1-2-7-17-16(6-1)19-9-5-10-20-22(13-12-21(17)25(19)20)26-27-23(14-15-28-26)18-8-3-4-11-24(18)29-27/h1-21H;1-17H;1-17H;1-15H. The second-order valence-corrected chi connectivity index (χ2v) is 38.1. The molecule has 0 atom stereocenters. The van der Waals surface area contributed by atoms with E-state index < -0.39 is 0 Å². The molecule has 2 aliphatic carbocycles. The lowest BCUT2D eigenvalue weighted by molar-refractivity contribution is 1.37. The second kappa shape index (κ2) is 29.9. The Morgan fingerprint density at radius 1 is 0.146 bits per heavy atom. The Morgan fingerprint density at radius 3 is 0.962 bits per heavy atom. The van der Waals surface area contributed by atoms with Crippen molar-refractivity contribution in [2.45, 2.75) is 0 Å². The molecule has 0 unspecified atom stereocenters. The van der Waals surface area contributed by atoms with Crippen LogP contribution in [0.25, 0.3) is 278 Å². The van der Waals surface area contributed by atoms with Gasteiger partial charge in [0, 0.05) is 109 Å². The summed E-state index contributed by atoms with van der Waals surface area (Å²) in [5.41, 5.74) is 22.3. The van der Waals surface area contributed by atoms with E-state index in [1.54, 1.807) is 0 Å². The zero-order valence-electron chi connectivity index (χ0n) is 69.8. The number of pyridine rings is 4. The average Bonchev–Trinajstić information content (AvgIpc) is 1.43. The van der Waals surface area contributed by atoms with Gasteiger partial charge in [-0.1, -0.05) is 322 Å². The highest BCUT2D eigenvalue weighted by atomic mass is 32.1. The molecule has 2 aliphatic rings. The third-order valence-electron chi connectivity index (χ3n) is 27.0. The van der Waals surface area contributed by atoms with Gasteiger partial charge in [-0.05, 0) is 231 Å². The number of hydrogen-bond donors (Lipinski definition) is 0. The summed E-state index contributed by atoms with van der Waals surface area (Å²) in [5, 5.41) is 33.4. The first-order valence-corrected chi connectivity index (χ1v) is 47.4. The maximum Gasteiger partial charge on any atom is 0.0892 e. The van der Waals surface area contributed by atoms with Gasteiger partial charge in [-0.3, -0.25) is 19.9 Å². The van der Waals surface area contributed by atoms with Crippen LogP contribution in [0.4, 0.5) is 0 Å². The summed E-state index contributed by atoms with van der Waals surface area (Å²) in [6, 6.07) is 145. The van der Waals surface area contributed by atoms with E-state index in [-0.39, 0.29) is 0 Å². The topological polar surface area (TPSA) is 51.6 Å². The van der Waals surface area contributed by atoms with E-state index in [2.05, 4.69) is 400 Å². The predicted molar refractivity (Wildman–Crippen MR) is 562 cm³/mol. The summed E-state index contributed by atoms with van der Waals surface area (Å²) in [4.78, 5) is 19.8. The molecule has 0 bridgehead atoms. The normalized spacial score (nSPS) is 12.0. The van der Waals surface area contributed by atoms with Crippen LogP contribution in [-0.2, 0) is 0 Å². The van der Waals surface area contributed by atoms with Crippen LogP contribution in [-0.4, -0.2) is 19.9 Å². The molecule has 0 N–H and O–H groups in total. The van der Waals surface area contributed by atoms with Gasteiger partial charge in [-0.15, -0.1) is 45.3 Å². The van der Waals surface area contributed by atoms with Crippen molar-refractivity contribution in [3.63, 3.8) is 0 Å². The zero-order chi connectivity index (χ0) is 85.2. The molecule has 8 heteroatoms. The smallest absolute Gasteiger partial charge is 0.0892 e. The van der Waals surface area contributed by atoms with Crippen molar-refractivity contribution in [1.29, 1.82) is 0 Å². The quantitative estimate of drug-likeness (QED) is 0.127. The number of thiophene rings is 4. The monoisotopic (exact) mass is 1720 g/mol. The first-order chi connectivity index (χ1) is 64.5. The molecule has 30 rings (SSSR count). The van der Waals surface area contributed by atoms with Crippen LogP contribution >= 0.6 is 45.3 Å². The molecule has 28 aromatic rings. The zero-order valence-corrected chi connectivity index (χ0v) is 73.1. The summed E-state index contributed by atoms with van der Waals surface area (Å²) in [7, 11) is 0. The van der Waals surface area contributed by atoms with E-state index in [1.807, 2.05) is 70.1 Å². The molecular formula is C122H70N4S4. The molecule has 0 aliphatic heterocycles. The molecule has 0 saturated heterocycles. The van der Waals surface area contributed by atoms with E-state index in [1.165, 1.54) is 256 Å². The van der Waals surface area contributed by atoms with E-state index in [0.29, 0.717) is 0 Å². The maximum absolute atomic E-state index is 5.07. The van der Waals surface area contributed by atoms with E-state index in [0.717, 1.165) is 22.8 Å². The summed E-state index contributed by atoms with van der Waals surface area (Å²) >= 11 is 7.36. The van der Waals surface area contributed by atoms with Crippen molar-refractivity contribution in [3.8, 4) is 101 Å². The fraction of sp³-hybridized carbons (Fsp3) is 0. The minimum atomic E-state index is 1.06. The highest BCUT2D eigenvalue weighted by molar-refractivity contribution is 7.27. The maximum atomic E-state index is 5.07. The Morgan fingerprint density at radius 2 is 0.469 bits per heavy atom. The highest BCUT2D eigenvalue weighted by Gasteiger charge is 2.29. The van der Waals surface area contributed by atoms with Crippen LogP contribution in [0, 0.1) is 0 Å². The largest absolute Gasteiger partial charge is 0.255 e. The first-order valence-electron chi connectivity index (χ1n) is 44.1. The van der Waals surface area contributed by atoms with Gasteiger partial charge in [0.25, 0.3) is 0 Å². The molecule has 0 saturated carbocycles. The minimum Gasteiger partial charge on any atom is -0.255 e. The van der Waals surface area contributed by atoms with Crippen LogP contribution in [0.1, 0.15) is 0 Å². The summed E-state index contributed by atoms with van der Waals surface area (Å²) in [6.07, 6.45) is 7.85. The van der Waals surface area contributed by atoms with E-state index in [4.69, 9.17) is 19.9 Å². The SMILES string of the molecule is c1ccc(-c2c3ccccc3c(-c3nccc4c3sc3ccccc34)c3cc4ccccc4cc23)cc1.c1ccc2c(c1)-c1cccc3c(-c4nccc5c4sc4ccccc45)ccc-2c13.c1ccc2c(c1)ccc1c3ccccc3c(-c3nccc4c3sc3ccccc34)cc21.c1ccc2cc3c(cc2c1)-c1cccc2c(-c4nccc5c4sc4ccccc45)ccc-3c12. The highest BCUT2D eigenvalue weighted by Crippen LogP contribution is 2.56. The van der Waals surface area contributed by atoms with Gasteiger partial charge in [0.05, 0.1) is 41.6 Å². The number of rotatable bonds is 5. The van der Waals surface area contributed by atoms with Crippen LogP contribution in [0.5, 0.6) is 0 Å². The van der Waals surface area contributed by atoms with Gasteiger partial charge in [0.1, 0.15) is 0 Å². The van der Waals surface area contributed by atoms with Crippen LogP contribution in [0.2, 0.25) is 0 Å². The fourth-order valence-corrected chi connectivity index (χ4v) is 26.0. The molecule has 0 amide bonds. The van der Waals surface area contributed by atoms with Crippen LogP contribution in [0.3, 0.4) is 0 Å². The van der Waals surface area contributed by atoms with E-state index >= 15 is 0 Å². The molecule has 4 nitrogen and oxygen atoms in total. The van der Waals surface area contributed by atoms with Gasteiger partial charge in [-0.25, -0.2) is 0 Å². The molecule has 8 heterocycles. The Labute approximate surface area is 762 Å². The Hall–Kier alpha value is -15.8.